The van der Waals surface area contributed by atoms with Crippen LogP contribution < -0.4 is 4.90 Å². The van der Waals surface area contributed by atoms with E-state index in [4.69, 9.17) is 4.52 Å². The van der Waals surface area contributed by atoms with Crippen molar-refractivity contribution in [1.29, 1.82) is 0 Å². The van der Waals surface area contributed by atoms with E-state index in [1.54, 1.807) is 30.3 Å². The number of nitrogens with zero attached hydrogens (tertiary/aromatic N) is 4. The minimum Gasteiger partial charge on any atom is -0.361 e. The lowest BCUT2D eigenvalue weighted by molar-refractivity contribution is 0.00313. The lowest BCUT2D eigenvalue weighted by atomic mass is 10.1. The molecule has 3 rings (SSSR count). The molecule has 0 aliphatic carbocycles. The average Bonchev–Trinajstić information content (AvgIpc) is 2.94. The first-order valence-corrected chi connectivity index (χ1v) is 7.17. The summed E-state index contributed by atoms with van der Waals surface area (Å²) < 4.78 is 5.15. The van der Waals surface area contributed by atoms with Gasteiger partial charge >= 0.3 is 0 Å². The number of aliphatic hydroxyl groups excluding tert-OH is 1. The van der Waals surface area contributed by atoms with Gasteiger partial charge in [-0.3, -0.25) is 9.69 Å². The summed E-state index contributed by atoms with van der Waals surface area (Å²) in [6.45, 7) is 2.28. The molecular formula is C15H18N4O3. The van der Waals surface area contributed by atoms with Gasteiger partial charge in [0, 0.05) is 32.3 Å². The van der Waals surface area contributed by atoms with Crippen molar-refractivity contribution >= 4 is 11.6 Å². The summed E-state index contributed by atoms with van der Waals surface area (Å²) in [7, 11) is 1.74. The number of amides is 1. The smallest absolute Gasteiger partial charge is 0.278 e. The molecule has 0 fully saturated rings. The van der Waals surface area contributed by atoms with E-state index in [1.165, 1.54) is 4.90 Å². The fourth-order valence-corrected chi connectivity index (χ4v) is 2.60. The number of aromatic nitrogens is 2. The standard InChI is InChI=1S/C15H18N4O3/c1-10-9-11(22-17-10)5-4-8-19-14(20)13-12(6-3-7-16-13)18(2)15(19)21/h3,6-7,9,15,21H,4-5,8H2,1-2H3. The highest BCUT2D eigenvalue weighted by atomic mass is 16.5. The summed E-state index contributed by atoms with van der Waals surface area (Å²) in [5.41, 5.74) is 1.84. The quantitative estimate of drug-likeness (QED) is 0.913. The summed E-state index contributed by atoms with van der Waals surface area (Å²) in [6.07, 6.45) is 1.93. The van der Waals surface area contributed by atoms with Crippen molar-refractivity contribution in [2.24, 2.45) is 0 Å². The number of carbonyl (C=O) groups is 1. The second kappa shape index (κ2) is 5.76. The Balaban J connectivity index is 1.70. The topological polar surface area (TPSA) is 82.7 Å². The maximum atomic E-state index is 12.5. The van der Waals surface area contributed by atoms with Gasteiger partial charge in [-0.05, 0) is 25.5 Å². The number of fused-ring (bicyclic) bond motifs is 1. The highest BCUT2D eigenvalue weighted by Crippen LogP contribution is 2.27. The third-order valence-corrected chi connectivity index (χ3v) is 3.75. The van der Waals surface area contributed by atoms with Crippen LogP contribution in [0.1, 0.15) is 28.4 Å². The molecule has 1 atom stereocenters. The molecule has 0 saturated heterocycles. The molecule has 116 valence electrons. The van der Waals surface area contributed by atoms with E-state index in [-0.39, 0.29) is 5.91 Å². The molecule has 7 nitrogen and oxygen atoms in total. The number of pyridine rings is 1. The molecule has 1 aliphatic rings. The van der Waals surface area contributed by atoms with E-state index < -0.39 is 6.35 Å². The Bertz CT molecular complexity index is 685. The van der Waals surface area contributed by atoms with Gasteiger partial charge in [0.2, 0.25) is 6.35 Å². The number of carbonyl (C=O) groups excluding carboxylic acids is 1. The zero-order chi connectivity index (χ0) is 15.7. The Morgan fingerprint density at radius 1 is 1.45 bits per heavy atom. The molecule has 0 spiro atoms. The second-order valence-corrected chi connectivity index (χ2v) is 5.37. The van der Waals surface area contributed by atoms with Crippen molar-refractivity contribution in [2.45, 2.75) is 26.1 Å². The first kappa shape index (κ1) is 14.5. The SMILES string of the molecule is Cc1cc(CCCN2C(=O)c3ncccc3N(C)C2O)on1. The molecule has 2 aromatic rings. The molecular weight excluding hydrogens is 284 g/mol. The van der Waals surface area contributed by atoms with Crippen LogP contribution in [0.15, 0.2) is 28.9 Å². The predicted octanol–water partition coefficient (Wildman–Crippen LogP) is 1.18. The van der Waals surface area contributed by atoms with Crippen LogP contribution in [-0.2, 0) is 6.42 Å². The van der Waals surface area contributed by atoms with E-state index in [2.05, 4.69) is 10.1 Å². The summed E-state index contributed by atoms with van der Waals surface area (Å²) >= 11 is 0. The molecule has 0 bridgehead atoms. The van der Waals surface area contributed by atoms with Crippen LogP contribution >= 0.6 is 0 Å². The maximum absolute atomic E-state index is 12.5. The minimum atomic E-state index is -0.985. The van der Waals surface area contributed by atoms with Gasteiger partial charge in [0.1, 0.15) is 5.76 Å². The molecule has 2 aromatic heterocycles. The molecule has 22 heavy (non-hydrogen) atoms. The molecule has 1 N–H and O–H groups in total. The predicted molar refractivity (Wildman–Crippen MR) is 79.2 cm³/mol. The first-order valence-electron chi connectivity index (χ1n) is 7.17. The fourth-order valence-electron chi connectivity index (χ4n) is 2.60. The molecule has 0 saturated carbocycles. The third kappa shape index (κ3) is 2.55. The van der Waals surface area contributed by atoms with Gasteiger partial charge < -0.3 is 14.5 Å². The van der Waals surface area contributed by atoms with Crippen LogP contribution in [0.2, 0.25) is 0 Å². The number of hydrogen-bond donors (Lipinski definition) is 1. The van der Waals surface area contributed by atoms with Crippen molar-refractivity contribution in [3.05, 3.63) is 41.5 Å². The van der Waals surface area contributed by atoms with Gasteiger partial charge in [-0.1, -0.05) is 5.16 Å². The molecule has 1 aliphatic heterocycles. The van der Waals surface area contributed by atoms with Crippen LogP contribution in [0.4, 0.5) is 5.69 Å². The molecule has 1 amide bonds. The van der Waals surface area contributed by atoms with E-state index in [1.807, 2.05) is 13.0 Å². The summed E-state index contributed by atoms with van der Waals surface area (Å²) in [5, 5.41) is 14.2. The highest BCUT2D eigenvalue weighted by Gasteiger charge is 2.35. The van der Waals surface area contributed by atoms with Crippen molar-refractivity contribution in [2.75, 3.05) is 18.5 Å². The molecule has 7 heteroatoms. The van der Waals surface area contributed by atoms with E-state index in [0.29, 0.717) is 30.8 Å². The Labute approximate surface area is 128 Å². The Morgan fingerprint density at radius 3 is 3.00 bits per heavy atom. The number of aliphatic hydroxyl groups is 1. The summed E-state index contributed by atoms with van der Waals surface area (Å²) in [4.78, 5) is 19.6. The number of hydrogen-bond acceptors (Lipinski definition) is 6. The first-order chi connectivity index (χ1) is 10.6. The van der Waals surface area contributed by atoms with Gasteiger partial charge in [-0.25, -0.2) is 4.98 Å². The van der Waals surface area contributed by atoms with Gasteiger partial charge in [0.25, 0.3) is 5.91 Å². The highest BCUT2D eigenvalue weighted by molar-refractivity contribution is 5.99. The van der Waals surface area contributed by atoms with Crippen LogP contribution in [0.5, 0.6) is 0 Å². The lowest BCUT2D eigenvalue weighted by Crippen LogP contribution is -2.54. The second-order valence-electron chi connectivity index (χ2n) is 5.37. The van der Waals surface area contributed by atoms with E-state index in [9.17, 15) is 9.90 Å². The largest absolute Gasteiger partial charge is 0.361 e. The third-order valence-electron chi connectivity index (χ3n) is 3.75. The summed E-state index contributed by atoms with van der Waals surface area (Å²) in [5.74, 6) is 0.526. The zero-order valence-corrected chi connectivity index (χ0v) is 12.6. The van der Waals surface area contributed by atoms with Crippen molar-refractivity contribution in [3.8, 4) is 0 Å². The molecule has 3 heterocycles. The lowest BCUT2D eigenvalue weighted by Gasteiger charge is -2.39. The van der Waals surface area contributed by atoms with Crippen molar-refractivity contribution < 1.29 is 14.4 Å². The Hall–Kier alpha value is -2.41. The van der Waals surface area contributed by atoms with Gasteiger partial charge in [-0.2, -0.15) is 0 Å². The summed E-state index contributed by atoms with van der Waals surface area (Å²) in [6, 6.07) is 5.40. The van der Waals surface area contributed by atoms with Crippen LogP contribution in [-0.4, -0.2) is 46.0 Å². The fraction of sp³-hybridized carbons (Fsp3) is 0.400. The minimum absolute atomic E-state index is 0.255. The van der Waals surface area contributed by atoms with Crippen LogP contribution in [0.3, 0.4) is 0 Å². The van der Waals surface area contributed by atoms with Gasteiger partial charge in [0.05, 0.1) is 11.4 Å². The van der Waals surface area contributed by atoms with Crippen LogP contribution in [0.25, 0.3) is 0 Å². The number of rotatable bonds is 4. The van der Waals surface area contributed by atoms with Gasteiger partial charge in [0.15, 0.2) is 5.69 Å². The van der Waals surface area contributed by atoms with Crippen LogP contribution in [0, 0.1) is 6.92 Å². The molecule has 1 unspecified atom stereocenters. The Kier molecular flexibility index (Phi) is 3.81. The number of aryl methyl sites for hydroxylation is 2. The monoisotopic (exact) mass is 302 g/mol. The Morgan fingerprint density at radius 2 is 2.27 bits per heavy atom. The van der Waals surface area contributed by atoms with Crippen molar-refractivity contribution in [1.82, 2.24) is 15.0 Å². The number of anilines is 1. The zero-order valence-electron chi connectivity index (χ0n) is 12.6. The van der Waals surface area contributed by atoms with Crippen molar-refractivity contribution in [3.63, 3.8) is 0 Å². The normalized spacial score (nSPS) is 17.8. The molecule has 0 aromatic carbocycles. The average molecular weight is 302 g/mol. The van der Waals surface area contributed by atoms with E-state index >= 15 is 0 Å². The maximum Gasteiger partial charge on any atom is 0.278 e. The molecule has 0 radical (unpaired) electrons. The van der Waals surface area contributed by atoms with E-state index in [0.717, 1.165) is 11.5 Å². The van der Waals surface area contributed by atoms with Gasteiger partial charge in [-0.15, -0.1) is 0 Å².